The molecular weight excluding hydrogens is 328 g/mol. The third-order valence-corrected chi connectivity index (χ3v) is 4.94. The van der Waals surface area contributed by atoms with Crippen molar-refractivity contribution < 1.29 is 18.8 Å². The Morgan fingerprint density at radius 2 is 1.65 bits per heavy atom. The van der Waals surface area contributed by atoms with Crippen molar-refractivity contribution in [1.29, 1.82) is 0 Å². The fourth-order valence-corrected chi connectivity index (χ4v) is 3.63. The van der Waals surface area contributed by atoms with Gasteiger partial charge in [0, 0.05) is 5.56 Å². The third kappa shape index (κ3) is 2.69. The summed E-state index contributed by atoms with van der Waals surface area (Å²) in [6, 6.07) is 14.3. The number of nitrogens with zero attached hydrogens (tertiary/aromatic N) is 2. The van der Waals surface area contributed by atoms with E-state index in [0.717, 1.165) is 47.9 Å². The fraction of sp³-hybridized carbons (Fsp3) is 0.286. The molecule has 0 saturated heterocycles. The van der Waals surface area contributed by atoms with Gasteiger partial charge in [0.15, 0.2) is 17.2 Å². The summed E-state index contributed by atoms with van der Waals surface area (Å²) in [6.45, 7) is 1.03. The molecule has 0 atom stereocenters. The van der Waals surface area contributed by atoms with Gasteiger partial charge in [0.1, 0.15) is 17.6 Å². The predicted octanol–water partition coefficient (Wildman–Crippen LogP) is 3.40. The minimum absolute atomic E-state index is 0.743. The Kier molecular flexibility index (Phi) is 4.29. The lowest BCUT2D eigenvalue weighted by Gasteiger charge is -2.08. The number of benzene rings is 2. The smallest absolute Gasteiger partial charge is 0.262 e. The van der Waals surface area contributed by atoms with E-state index in [0.29, 0.717) is 0 Å². The highest BCUT2D eigenvalue weighted by Gasteiger charge is 2.30. The van der Waals surface area contributed by atoms with E-state index in [2.05, 4.69) is 33.5 Å². The van der Waals surface area contributed by atoms with Gasteiger partial charge in [-0.25, -0.2) is 4.57 Å². The maximum atomic E-state index is 5.48. The Morgan fingerprint density at radius 1 is 0.885 bits per heavy atom. The molecule has 0 amide bonds. The lowest BCUT2D eigenvalue weighted by Crippen LogP contribution is -2.33. The normalized spacial score (nSPS) is 12.7. The van der Waals surface area contributed by atoms with Gasteiger partial charge in [-0.1, -0.05) is 0 Å². The first-order valence-electron chi connectivity index (χ1n) is 8.76. The maximum absolute atomic E-state index is 5.48. The first-order valence-corrected chi connectivity index (χ1v) is 8.76. The summed E-state index contributed by atoms with van der Waals surface area (Å²) in [7, 11) is 5.01. The van der Waals surface area contributed by atoms with Crippen molar-refractivity contribution in [2.75, 3.05) is 21.3 Å². The standard InChI is InChI=1S/C21H23N2O3/c1-24-17-9-7-16(8-10-17)23-14-18(22-12-4-5-21(22)23)15-6-11-19(25-2)20(13-15)26-3/h6-11,13-14H,4-5,12H2,1-3H3/q+1. The van der Waals surface area contributed by atoms with Gasteiger partial charge in [-0.3, -0.25) is 0 Å². The van der Waals surface area contributed by atoms with Crippen molar-refractivity contribution in [3.05, 3.63) is 54.5 Å². The van der Waals surface area contributed by atoms with Crippen molar-refractivity contribution in [2.45, 2.75) is 19.4 Å². The summed E-state index contributed by atoms with van der Waals surface area (Å²) >= 11 is 0. The van der Waals surface area contributed by atoms with Crippen molar-refractivity contribution in [3.8, 4) is 34.2 Å². The second kappa shape index (κ2) is 6.75. The molecular formula is C21H23N2O3+. The number of methoxy groups -OCH3 is 3. The maximum Gasteiger partial charge on any atom is 0.262 e. The van der Waals surface area contributed by atoms with Crippen LogP contribution >= 0.6 is 0 Å². The van der Waals surface area contributed by atoms with Crippen molar-refractivity contribution >= 4 is 0 Å². The second-order valence-electron chi connectivity index (χ2n) is 6.32. The van der Waals surface area contributed by atoms with Crippen LogP contribution in [0.5, 0.6) is 17.2 Å². The highest BCUT2D eigenvalue weighted by Crippen LogP contribution is 2.32. The zero-order valence-corrected chi connectivity index (χ0v) is 15.4. The number of fused-ring (bicyclic) bond motifs is 1. The molecule has 5 nitrogen and oxygen atoms in total. The molecule has 2 heterocycles. The van der Waals surface area contributed by atoms with Crippen LogP contribution < -0.4 is 18.8 Å². The first kappa shape index (κ1) is 16.5. The molecule has 2 aromatic carbocycles. The topological polar surface area (TPSA) is 36.5 Å². The molecule has 4 rings (SSSR count). The van der Waals surface area contributed by atoms with Gasteiger partial charge in [0.2, 0.25) is 0 Å². The summed E-state index contributed by atoms with van der Waals surface area (Å²) in [5.74, 6) is 3.67. The van der Waals surface area contributed by atoms with E-state index < -0.39 is 0 Å². The molecule has 0 N–H and O–H groups in total. The van der Waals surface area contributed by atoms with Gasteiger partial charge >= 0.3 is 0 Å². The third-order valence-electron chi connectivity index (χ3n) is 4.94. The van der Waals surface area contributed by atoms with Gasteiger partial charge < -0.3 is 14.2 Å². The van der Waals surface area contributed by atoms with E-state index in [1.54, 1.807) is 21.3 Å². The highest BCUT2D eigenvalue weighted by molar-refractivity contribution is 5.62. The molecule has 0 fully saturated rings. The van der Waals surface area contributed by atoms with Crippen molar-refractivity contribution in [3.63, 3.8) is 0 Å². The fourth-order valence-electron chi connectivity index (χ4n) is 3.63. The molecule has 5 heteroatoms. The Bertz CT molecular complexity index is 929. The Hall–Kier alpha value is -2.95. The molecule has 1 aliphatic rings. The van der Waals surface area contributed by atoms with Crippen LogP contribution in [0.15, 0.2) is 48.7 Å². The molecule has 26 heavy (non-hydrogen) atoms. The first-order chi connectivity index (χ1) is 12.7. The van der Waals surface area contributed by atoms with Crippen LogP contribution in [0.25, 0.3) is 16.9 Å². The Morgan fingerprint density at radius 3 is 2.35 bits per heavy atom. The van der Waals surface area contributed by atoms with E-state index >= 15 is 0 Å². The van der Waals surface area contributed by atoms with E-state index in [4.69, 9.17) is 14.2 Å². The zero-order chi connectivity index (χ0) is 18.1. The van der Waals surface area contributed by atoms with E-state index in [1.807, 2.05) is 24.3 Å². The molecule has 1 aliphatic heterocycles. The molecule has 0 spiro atoms. The largest absolute Gasteiger partial charge is 0.497 e. The van der Waals surface area contributed by atoms with Crippen molar-refractivity contribution in [1.82, 2.24) is 4.57 Å². The van der Waals surface area contributed by atoms with Crippen LogP contribution in [0.2, 0.25) is 0 Å². The van der Waals surface area contributed by atoms with E-state index in [9.17, 15) is 0 Å². The summed E-state index contributed by atoms with van der Waals surface area (Å²) in [5, 5.41) is 0. The molecule has 0 aliphatic carbocycles. The molecule has 0 radical (unpaired) electrons. The van der Waals surface area contributed by atoms with Crippen LogP contribution in [0.4, 0.5) is 0 Å². The van der Waals surface area contributed by atoms with Crippen molar-refractivity contribution in [2.24, 2.45) is 0 Å². The summed E-state index contributed by atoms with van der Waals surface area (Å²) in [4.78, 5) is 0. The van der Waals surface area contributed by atoms with Gasteiger partial charge in [-0.2, -0.15) is 4.57 Å². The number of imidazole rings is 1. The van der Waals surface area contributed by atoms with Crippen LogP contribution in [-0.2, 0) is 13.0 Å². The van der Waals surface area contributed by atoms with E-state index in [1.165, 1.54) is 11.5 Å². The zero-order valence-electron chi connectivity index (χ0n) is 15.4. The van der Waals surface area contributed by atoms with Crippen LogP contribution in [0.3, 0.4) is 0 Å². The predicted molar refractivity (Wildman–Crippen MR) is 99.4 cm³/mol. The number of aromatic nitrogens is 2. The quantitative estimate of drug-likeness (QED) is 0.661. The molecule has 134 valence electrons. The lowest BCUT2D eigenvalue weighted by atomic mass is 10.1. The number of hydrogen-bond acceptors (Lipinski definition) is 3. The average molecular weight is 351 g/mol. The second-order valence-corrected chi connectivity index (χ2v) is 6.32. The average Bonchev–Trinajstić information content (AvgIpc) is 3.30. The number of hydrogen-bond donors (Lipinski definition) is 0. The monoisotopic (exact) mass is 351 g/mol. The number of rotatable bonds is 5. The Balaban J connectivity index is 1.81. The summed E-state index contributed by atoms with van der Waals surface area (Å²) in [5.41, 5.74) is 3.45. The number of ether oxygens (including phenoxy) is 3. The molecule has 0 bridgehead atoms. The van der Waals surface area contributed by atoms with Crippen LogP contribution in [0.1, 0.15) is 12.2 Å². The van der Waals surface area contributed by atoms with E-state index in [-0.39, 0.29) is 0 Å². The van der Waals surface area contributed by atoms with Gasteiger partial charge in [-0.05, 0) is 48.9 Å². The SMILES string of the molecule is COc1ccc(-n2cc(-c3ccc(OC)c(OC)c3)[n+]3c2CCC3)cc1. The molecule has 0 unspecified atom stereocenters. The summed E-state index contributed by atoms with van der Waals surface area (Å²) < 4.78 is 20.8. The minimum Gasteiger partial charge on any atom is -0.497 e. The lowest BCUT2D eigenvalue weighted by molar-refractivity contribution is -0.679. The molecule has 1 aromatic heterocycles. The van der Waals surface area contributed by atoms with Gasteiger partial charge in [0.25, 0.3) is 5.82 Å². The van der Waals surface area contributed by atoms with Gasteiger partial charge in [-0.15, -0.1) is 0 Å². The van der Waals surface area contributed by atoms with Crippen LogP contribution in [-0.4, -0.2) is 25.9 Å². The molecule has 0 saturated carbocycles. The minimum atomic E-state index is 0.743. The van der Waals surface area contributed by atoms with Crippen LogP contribution in [0, 0.1) is 0 Å². The highest BCUT2D eigenvalue weighted by atomic mass is 16.5. The molecule has 3 aromatic rings. The van der Waals surface area contributed by atoms with Gasteiger partial charge in [0.05, 0.1) is 34.3 Å². The Labute approximate surface area is 153 Å². The summed E-state index contributed by atoms with van der Waals surface area (Å²) in [6.07, 6.45) is 4.43.